The van der Waals surface area contributed by atoms with Gasteiger partial charge in [-0.2, -0.15) is 5.10 Å². The number of nitrogens with zero attached hydrogens (tertiary/aromatic N) is 2. The second-order valence-electron chi connectivity index (χ2n) is 6.44. The molecule has 0 amide bonds. The maximum Gasteiger partial charge on any atom is 0.203 e. The minimum Gasteiger partial charge on any atom is -0.497 e. The fourth-order valence-electron chi connectivity index (χ4n) is 3.38. The summed E-state index contributed by atoms with van der Waals surface area (Å²) in [5.74, 6) is 2.54. The Hall–Kier alpha value is -3.67. The van der Waals surface area contributed by atoms with Crippen LogP contribution in [0.3, 0.4) is 0 Å². The van der Waals surface area contributed by atoms with Crippen molar-refractivity contribution in [2.24, 2.45) is 0 Å². The van der Waals surface area contributed by atoms with Gasteiger partial charge in [-0.1, -0.05) is 24.3 Å². The molecule has 0 aliphatic rings. The van der Waals surface area contributed by atoms with Crippen LogP contribution in [0.2, 0.25) is 0 Å². The molecule has 0 unspecified atom stereocenters. The summed E-state index contributed by atoms with van der Waals surface area (Å²) in [6, 6.07) is 18.0. The summed E-state index contributed by atoms with van der Waals surface area (Å²) in [7, 11) is 6.45. The third kappa shape index (κ3) is 3.33. The van der Waals surface area contributed by atoms with Gasteiger partial charge in [0.1, 0.15) is 5.75 Å². The molecule has 0 atom stereocenters. The highest BCUT2D eigenvalue weighted by molar-refractivity contribution is 5.86. The molecule has 148 valence electrons. The van der Waals surface area contributed by atoms with E-state index in [2.05, 4.69) is 23.3 Å². The first kappa shape index (κ1) is 18.7. The van der Waals surface area contributed by atoms with Crippen LogP contribution in [0.5, 0.6) is 23.0 Å². The van der Waals surface area contributed by atoms with Gasteiger partial charge in [-0.05, 0) is 29.3 Å². The van der Waals surface area contributed by atoms with E-state index in [1.165, 1.54) is 0 Å². The van der Waals surface area contributed by atoms with Gasteiger partial charge >= 0.3 is 0 Å². The number of aromatic nitrogens is 2. The molecule has 4 aromatic rings. The highest BCUT2D eigenvalue weighted by atomic mass is 16.5. The van der Waals surface area contributed by atoms with Gasteiger partial charge in [0.15, 0.2) is 11.5 Å². The molecule has 1 heterocycles. The van der Waals surface area contributed by atoms with Gasteiger partial charge in [-0.15, -0.1) is 0 Å². The first-order valence-electron chi connectivity index (χ1n) is 9.11. The molecule has 0 bridgehead atoms. The summed E-state index contributed by atoms with van der Waals surface area (Å²) in [4.78, 5) is 0. The maximum atomic E-state index is 5.49. The van der Waals surface area contributed by atoms with Crippen molar-refractivity contribution in [3.05, 3.63) is 60.8 Å². The SMILES string of the molecule is COc1ccc(-c2ccc3cnn(-c4cc(OC)c(OC)c(OC)c4)c3c2)cc1. The zero-order valence-electron chi connectivity index (χ0n) is 16.8. The third-order valence-electron chi connectivity index (χ3n) is 4.89. The summed E-state index contributed by atoms with van der Waals surface area (Å²) in [6.07, 6.45) is 1.84. The Morgan fingerprint density at radius 3 is 1.93 bits per heavy atom. The lowest BCUT2D eigenvalue weighted by Crippen LogP contribution is -2.01. The summed E-state index contributed by atoms with van der Waals surface area (Å²) in [5.41, 5.74) is 3.99. The summed E-state index contributed by atoms with van der Waals surface area (Å²) >= 11 is 0. The highest BCUT2D eigenvalue weighted by Gasteiger charge is 2.16. The number of fused-ring (bicyclic) bond motifs is 1. The summed E-state index contributed by atoms with van der Waals surface area (Å²) < 4.78 is 23.5. The van der Waals surface area contributed by atoms with Crippen molar-refractivity contribution < 1.29 is 18.9 Å². The normalized spacial score (nSPS) is 10.8. The fraction of sp³-hybridized carbons (Fsp3) is 0.174. The van der Waals surface area contributed by atoms with Crippen LogP contribution in [0.25, 0.3) is 27.7 Å². The number of hydrogen-bond acceptors (Lipinski definition) is 5. The molecule has 1 aromatic heterocycles. The molecule has 0 spiro atoms. The van der Waals surface area contributed by atoms with Gasteiger partial charge in [-0.3, -0.25) is 0 Å². The van der Waals surface area contributed by atoms with E-state index < -0.39 is 0 Å². The zero-order chi connectivity index (χ0) is 20.4. The molecular weight excluding hydrogens is 368 g/mol. The lowest BCUT2D eigenvalue weighted by atomic mass is 10.0. The van der Waals surface area contributed by atoms with Gasteiger partial charge in [0.25, 0.3) is 0 Å². The fourth-order valence-corrected chi connectivity index (χ4v) is 3.38. The van der Waals surface area contributed by atoms with Crippen molar-refractivity contribution in [2.75, 3.05) is 28.4 Å². The van der Waals surface area contributed by atoms with E-state index >= 15 is 0 Å². The minimum atomic E-state index is 0.550. The molecule has 0 radical (unpaired) electrons. The van der Waals surface area contributed by atoms with Crippen molar-refractivity contribution in [3.8, 4) is 39.8 Å². The molecule has 0 aliphatic carbocycles. The van der Waals surface area contributed by atoms with Crippen LogP contribution in [-0.4, -0.2) is 38.2 Å². The quantitative estimate of drug-likeness (QED) is 0.477. The molecule has 3 aromatic carbocycles. The van der Waals surface area contributed by atoms with Gasteiger partial charge < -0.3 is 18.9 Å². The number of benzene rings is 3. The molecule has 0 saturated heterocycles. The third-order valence-corrected chi connectivity index (χ3v) is 4.89. The second-order valence-corrected chi connectivity index (χ2v) is 6.44. The zero-order valence-corrected chi connectivity index (χ0v) is 16.8. The number of methoxy groups -OCH3 is 4. The van der Waals surface area contributed by atoms with E-state index in [9.17, 15) is 0 Å². The van der Waals surface area contributed by atoms with Crippen LogP contribution in [0.4, 0.5) is 0 Å². The van der Waals surface area contributed by atoms with Gasteiger partial charge in [0.05, 0.1) is 45.8 Å². The Labute approximate surface area is 169 Å². The Kier molecular flexibility index (Phi) is 4.99. The molecule has 29 heavy (non-hydrogen) atoms. The Balaban J connectivity index is 1.84. The Morgan fingerprint density at radius 1 is 0.690 bits per heavy atom. The summed E-state index contributed by atoms with van der Waals surface area (Å²) in [5, 5.41) is 5.62. The van der Waals surface area contributed by atoms with E-state index in [4.69, 9.17) is 18.9 Å². The van der Waals surface area contributed by atoms with E-state index in [1.807, 2.05) is 47.3 Å². The monoisotopic (exact) mass is 390 g/mol. The molecule has 0 fully saturated rings. The van der Waals surface area contributed by atoms with E-state index in [0.29, 0.717) is 17.2 Å². The summed E-state index contributed by atoms with van der Waals surface area (Å²) in [6.45, 7) is 0. The van der Waals surface area contributed by atoms with Crippen molar-refractivity contribution in [2.45, 2.75) is 0 Å². The highest BCUT2D eigenvalue weighted by Crippen LogP contribution is 2.40. The van der Waals surface area contributed by atoms with Crippen molar-refractivity contribution >= 4 is 10.9 Å². The van der Waals surface area contributed by atoms with Gasteiger partial charge in [-0.25, -0.2) is 4.68 Å². The molecule has 0 N–H and O–H groups in total. The number of hydrogen-bond donors (Lipinski definition) is 0. The molecule has 0 aliphatic heterocycles. The van der Waals surface area contributed by atoms with Crippen LogP contribution in [0, 0.1) is 0 Å². The molecule has 6 nitrogen and oxygen atoms in total. The number of rotatable bonds is 6. The lowest BCUT2D eigenvalue weighted by Gasteiger charge is -2.14. The predicted octanol–water partition coefficient (Wildman–Crippen LogP) is 4.73. The van der Waals surface area contributed by atoms with Crippen LogP contribution in [0.15, 0.2) is 60.8 Å². The molecule has 4 rings (SSSR count). The van der Waals surface area contributed by atoms with Crippen LogP contribution < -0.4 is 18.9 Å². The van der Waals surface area contributed by atoms with Crippen molar-refractivity contribution in [1.29, 1.82) is 0 Å². The topological polar surface area (TPSA) is 54.7 Å². The Bertz CT molecular complexity index is 1120. The second kappa shape index (κ2) is 7.75. The van der Waals surface area contributed by atoms with E-state index in [-0.39, 0.29) is 0 Å². The smallest absolute Gasteiger partial charge is 0.203 e. The van der Waals surface area contributed by atoms with E-state index in [0.717, 1.165) is 33.5 Å². The maximum absolute atomic E-state index is 5.49. The van der Waals surface area contributed by atoms with Gasteiger partial charge in [0.2, 0.25) is 5.75 Å². The van der Waals surface area contributed by atoms with E-state index in [1.54, 1.807) is 28.4 Å². The first-order valence-corrected chi connectivity index (χ1v) is 9.11. The van der Waals surface area contributed by atoms with Crippen LogP contribution >= 0.6 is 0 Å². The van der Waals surface area contributed by atoms with Crippen molar-refractivity contribution in [1.82, 2.24) is 9.78 Å². The molecule has 0 saturated carbocycles. The first-order chi connectivity index (χ1) is 14.2. The van der Waals surface area contributed by atoms with Crippen LogP contribution in [-0.2, 0) is 0 Å². The Morgan fingerprint density at radius 2 is 1.34 bits per heavy atom. The minimum absolute atomic E-state index is 0.550. The molecular formula is C23H22N2O4. The van der Waals surface area contributed by atoms with Crippen LogP contribution in [0.1, 0.15) is 0 Å². The molecule has 6 heteroatoms. The predicted molar refractivity (Wildman–Crippen MR) is 113 cm³/mol. The van der Waals surface area contributed by atoms with Gasteiger partial charge in [0, 0.05) is 17.5 Å². The number of ether oxygens (including phenoxy) is 4. The van der Waals surface area contributed by atoms with Crippen molar-refractivity contribution in [3.63, 3.8) is 0 Å². The lowest BCUT2D eigenvalue weighted by molar-refractivity contribution is 0.324. The average molecular weight is 390 g/mol. The average Bonchev–Trinajstić information content (AvgIpc) is 3.21. The largest absolute Gasteiger partial charge is 0.497 e. The standard InChI is InChI=1S/C23H22N2O4/c1-26-19-9-7-15(8-10-19)16-5-6-17-14-24-25(20(17)11-16)18-12-21(27-2)23(29-4)22(13-18)28-3/h5-14H,1-4H3.